The number of amides is 2. The van der Waals surface area contributed by atoms with Crippen LogP contribution in [0.3, 0.4) is 0 Å². The predicted octanol–water partition coefficient (Wildman–Crippen LogP) is -4.57. The van der Waals surface area contributed by atoms with E-state index in [1.54, 1.807) is 12.1 Å². The first-order valence-corrected chi connectivity index (χ1v) is 10.9. The fourth-order valence-corrected chi connectivity index (χ4v) is 4.16. The van der Waals surface area contributed by atoms with E-state index in [1.807, 2.05) is 0 Å². The van der Waals surface area contributed by atoms with Gasteiger partial charge in [-0.25, -0.2) is 4.39 Å². The van der Waals surface area contributed by atoms with Crippen molar-refractivity contribution in [2.24, 2.45) is 0 Å². The highest BCUT2D eigenvalue weighted by Crippen LogP contribution is 2.10. The predicted molar refractivity (Wildman–Crippen MR) is 109 cm³/mol. The number of halogens is 1. The Morgan fingerprint density at radius 1 is 1.00 bits per heavy atom. The Bertz CT molecular complexity index is 688. The number of carbonyl (C=O) groups excluding carboxylic acids is 2. The van der Waals surface area contributed by atoms with Crippen molar-refractivity contribution in [1.29, 1.82) is 0 Å². The van der Waals surface area contributed by atoms with Gasteiger partial charge in [-0.2, -0.15) is 0 Å². The van der Waals surface area contributed by atoms with E-state index in [0.29, 0.717) is 13.1 Å². The summed E-state index contributed by atoms with van der Waals surface area (Å²) in [6.07, 6.45) is 0. The fourth-order valence-electron chi connectivity index (χ4n) is 4.16. The molecule has 2 heterocycles. The van der Waals surface area contributed by atoms with Gasteiger partial charge in [0.15, 0.2) is 0 Å². The number of nitrogens with one attached hydrogen (secondary N) is 5. The van der Waals surface area contributed by atoms with Crippen molar-refractivity contribution in [3.05, 3.63) is 35.6 Å². The molecule has 1 aromatic rings. The number of hydrogen-bond donors (Lipinski definition) is 5. The molecule has 1 aromatic carbocycles. The highest BCUT2D eigenvalue weighted by Gasteiger charge is 2.30. The van der Waals surface area contributed by atoms with E-state index in [2.05, 4.69) is 17.7 Å². The Kier molecular flexibility index (Phi) is 8.56. The molecule has 5 N–H and O–H groups in total. The Balaban J connectivity index is 1.50. The molecule has 3 rings (SSSR count). The number of rotatable bonds is 7. The number of hydrogen-bond acceptors (Lipinski definition) is 3. The van der Waals surface area contributed by atoms with E-state index in [9.17, 15) is 14.0 Å². The zero-order valence-electron chi connectivity index (χ0n) is 17.8. The van der Waals surface area contributed by atoms with Crippen LogP contribution in [0.5, 0.6) is 0 Å². The summed E-state index contributed by atoms with van der Waals surface area (Å²) < 4.78 is 18.7. The lowest BCUT2D eigenvalue weighted by Crippen LogP contribution is -3.27. The summed E-state index contributed by atoms with van der Waals surface area (Å²) in [6, 6.07) is 6.44. The molecule has 0 saturated carbocycles. The van der Waals surface area contributed by atoms with E-state index in [1.165, 1.54) is 26.8 Å². The van der Waals surface area contributed by atoms with E-state index in [4.69, 9.17) is 4.74 Å². The summed E-state index contributed by atoms with van der Waals surface area (Å²) in [5, 5.41) is 5.51. The molecule has 30 heavy (non-hydrogen) atoms. The second-order valence-electron chi connectivity index (χ2n) is 8.30. The van der Waals surface area contributed by atoms with Crippen LogP contribution in [0.4, 0.5) is 4.39 Å². The highest BCUT2D eigenvalue weighted by atomic mass is 19.1. The van der Waals surface area contributed by atoms with Gasteiger partial charge in [0, 0.05) is 5.56 Å². The molecule has 1 atom stereocenters. The highest BCUT2D eigenvalue weighted by molar-refractivity contribution is 6.35. The van der Waals surface area contributed by atoms with Crippen molar-refractivity contribution < 1.29 is 33.4 Å². The van der Waals surface area contributed by atoms with Gasteiger partial charge in [0.25, 0.3) is 0 Å². The van der Waals surface area contributed by atoms with Gasteiger partial charge in [0.05, 0.1) is 39.9 Å². The van der Waals surface area contributed by atoms with Crippen molar-refractivity contribution in [2.45, 2.75) is 6.04 Å². The van der Waals surface area contributed by atoms with Crippen LogP contribution in [-0.4, -0.2) is 91.0 Å². The van der Waals surface area contributed by atoms with Crippen LogP contribution in [0.2, 0.25) is 0 Å². The lowest BCUT2D eigenvalue weighted by molar-refractivity contribution is -1.02. The molecule has 166 valence electrons. The average molecular weight is 425 g/mol. The SMILES string of the molecule is C[NH+]1CC[NH+]([C@@H](CNC(=O)C(=O)NCC[NH+]2CCOCC2)c2ccc(F)cc2)CC1. The fraction of sp³-hybridized carbons (Fsp3) is 0.619. The van der Waals surface area contributed by atoms with Gasteiger partial charge in [-0.05, 0) is 12.1 Å². The second-order valence-corrected chi connectivity index (χ2v) is 8.30. The Hall–Kier alpha value is -2.07. The third kappa shape index (κ3) is 6.73. The quantitative estimate of drug-likeness (QED) is 0.286. The first kappa shape index (κ1) is 22.6. The molecule has 0 aliphatic carbocycles. The molecule has 8 nitrogen and oxygen atoms in total. The van der Waals surface area contributed by atoms with Crippen LogP contribution < -0.4 is 25.3 Å². The standard InChI is InChI=1S/C21H32FN5O3/c1-25-8-10-27(11-9-25)19(17-2-4-18(22)5-3-17)16-24-21(29)20(28)23-6-7-26-12-14-30-15-13-26/h2-5,19H,6-16H2,1H3,(H,23,28)(H,24,29)/p+3/t19-/m0/s1. The van der Waals surface area contributed by atoms with Crippen molar-refractivity contribution in [1.82, 2.24) is 10.6 Å². The minimum absolute atomic E-state index is 0.00626. The van der Waals surface area contributed by atoms with Gasteiger partial charge < -0.3 is 30.1 Å². The molecule has 9 heteroatoms. The van der Waals surface area contributed by atoms with Crippen LogP contribution in [0.25, 0.3) is 0 Å². The maximum atomic E-state index is 13.4. The lowest BCUT2D eigenvalue weighted by atomic mass is 10.0. The maximum absolute atomic E-state index is 13.4. The van der Waals surface area contributed by atoms with Crippen LogP contribution in [0.1, 0.15) is 11.6 Å². The smallest absolute Gasteiger partial charge is 0.309 e. The number of piperazine rings is 1. The molecule has 0 aromatic heterocycles. The molecule has 2 aliphatic rings. The van der Waals surface area contributed by atoms with Gasteiger partial charge in [-0.1, -0.05) is 12.1 Å². The Labute approximate surface area is 177 Å². The van der Waals surface area contributed by atoms with Gasteiger partial charge in [0.1, 0.15) is 51.1 Å². The Morgan fingerprint density at radius 3 is 2.30 bits per heavy atom. The lowest BCUT2D eigenvalue weighted by Gasteiger charge is -2.33. The largest absolute Gasteiger partial charge is 0.370 e. The summed E-state index contributed by atoms with van der Waals surface area (Å²) in [4.78, 5) is 28.7. The van der Waals surface area contributed by atoms with Crippen LogP contribution in [-0.2, 0) is 14.3 Å². The zero-order valence-corrected chi connectivity index (χ0v) is 17.8. The van der Waals surface area contributed by atoms with Crippen molar-refractivity contribution >= 4 is 11.8 Å². The van der Waals surface area contributed by atoms with E-state index in [0.717, 1.165) is 64.6 Å². The number of likely N-dealkylation sites (N-methyl/N-ethyl adjacent to an activating group) is 1. The van der Waals surface area contributed by atoms with E-state index >= 15 is 0 Å². The minimum atomic E-state index is -0.613. The van der Waals surface area contributed by atoms with E-state index in [-0.39, 0.29) is 11.9 Å². The molecule has 0 bridgehead atoms. The molecule has 0 spiro atoms. The topological polar surface area (TPSA) is 80.8 Å². The summed E-state index contributed by atoms with van der Waals surface area (Å²) in [5.74, 6) is -1.49. The minimum Gasteiger partial charge on any atom is -0.370 e. The molecular formula is C21H35FN5O3+3. The van der Waals surface area contributed by atoms with Crippen molar-refractivity contribution in [3.8, 4) is 0 Å². The monoisotopic (exact) mass is 424 g/mol. The molecule has 0 unspecified atom stereocenters. The Morgan fingerprint density at radius 2 is 1.63 bits per heavy atom. The third-order valence-corrected chi connectivity index (χ3v) is 6.15. The summed E-state index contributed by atoms with van der Waals surface area (Å²) in [6.45, 7) is 8.97. The van der Waals surface area contributed by atoms with E-state index < -0.39 is 11.8 Å². The number of morpholine rings is 1. The second kappa shape index (κ2) is 11.4. The molecule has 2 saturated heterocycles. The average Bonchev–Trinajstić information content (AvgIpc) is 2.76. The van der Waals surface area contributed by atoms with Gasteiger partial charge in [-0.3, -0.25) is 9.59 Å². The van der Waals surface area contributed by atoms with Gasteiger partial charge >= 0.3 is 11.8 Å². The summed E-state index contributed by atoms with van der Waals surface area (Å²) in [7, 11) is 2.18. The van der Waals surface area contributed by atoms with Crippen LogP contribution >= 0.6 is 0 Å². The van der Waals surface area contributed by atoms with Crippen molar-refractivity contribution in [2.75, 3.05) is 79.2 Å². The summed E-state index contributed by atoms with van der Waals surface area (Å²) >= 11 is 0. The normalized spacial score (nSPS) is 23.5. The number of ether oxygens (including phenoxy) is 1. The molecular weight excluding hydrogens is 389 g/mol. The molecule has 2 fully saturated rings. The molecule has 2 aliphatic heterocycles. The summed E-state index contributed by atoms with van der Waals surface area (Å²) in [5.41, 5.74) is 0.975. The molecule has 2 amide bonds. The molecule has 0 radical (unpaired) electrons. The zero-order chi connectivity index (χ0) is 21.3. The van der Waals surface area contributed by atoms with Crippen molar-refractivity contribution in [3.63, 3.8) is 0 Å². The number of carbonyl (C=O) groups is 2. The van der Waals surface area contributed by atoms with Crippen LogP contribution in [0, 0.1) is 5.82 Å². The first-order valence-electron chi connectivity index (χ1n) is 10.9. The van der Waals surface area contributed by atoms with Gasteiger partial charge in [0.2, 0.25) is 0 Å². The first-order chi connectivity index (χ1) is 14.5. The number of quaternary nitrogens is 3. The maximum Gasteiger partial charge on any atom is 0.309 e. The number of benzene rings is 1. The third-order valence-electron chi connectivity index (χ3n) is 6.15. The van der Waals surface area contributed by atoms with Gasteiger partial charge in [-0.15, -0.1) is 0 Å². The van der Waals surface area contributed by atoms with Crippen LogP contribution in [0.15, 0.2) is 24.3 Å².